The molecule has 0 atom stereocenters. The van der Waals surface area contributed by atoms with Gasteiger partial charge in [0.2, 0.25) is 17.8 Å². The number of furan rings is 1. The summed E-state index contributed by atoms with van der Waals surface area (Å²) in [4.78, 5) is 28.6. The van der Waals surface area contributed by atoms with Gasteiger partial charge in [-0.2, -0.15) is 20.1 Å². The number of non-ortho nitro benzene ring substituents is 1. The van der Waals surface area contributed by atoms with Crippen molar-refractivity contribution in [3.05, 3.63) is 52.3 Å². The Morgan fingerprint density at radius 1 is 0.909 bits per heavy atom. The average Bonchev–Trinajstić information content (AvgIpc) is 3.62. The highest BCUT2D eigenvalue weighted by Crippen LogP contribution is 2.25. The van der Waals surface area contributed by atoms with E-state index in [0.29, 0.717) is 29.4 Å². The maximum Gasteiger partial charge on any atom is 0.269 e. The van der Waals surface area contributed by atoms with Crippen LogP contribution in [0.2, 0.25) is 0 Å². The van der Waals surface area contributed by atoms with Crippen molar-refractivity contribution < 1.29 is 9.34 Å². The fourth-order valence-electron chi connectivity index (χ4n) is 4.00. The Bertz CT molecular complexity index is 1110. The van der Waals surface area contributed by atoms with E-state index in [1.165, 1.54) is 12.1 Å². The second-order valence-electron chi connectivity index (χ2n) is 8.02. The molecule has 2 fully saturated rings. The highest BCUT2D eigenvalue weighted by Gasteiger charge is 2.21. The number of anilines is 3. The Labute approximate surface area is 190 Å². The van der Waals surface area contributed by atoms with Gasteiger partial charge in [0.15, 0.2) is 0 Å². The minimum Gasteiger partial charge on any atom is -0.455 e. The zero-order valence-corrected chi connectivity index (χ0v) is 18.1. The molecule has 4 heterocycles. The Balaban J connectivity index is 1.30. The predicted octanol–water partition coefficient (Wildman–Crippen LogP) is 3.69. The molecule has 2 aliphatic rings. The van der Waals surface area contributed by atoms with E-state index in [-0.39, 0.29) is 5.69 Å². The molecule has 0 aliphatic carbocycles. The summed E-state index contributed by atoms with van der Waals surface area (Å²) in [6, 6.07) is 9.78. The molecule has 11 nitrogen and oxygen atoms in total. The van der Waals surface area contributed by atoms with E-state index >= 15 is 0 Å². The zero-order valence-electron chi connectivity index (χ0n) is 18.1. The van der Waals surface area contributed by atoms with Crippen LogP contribution in [0.1, 0.15) is 31.4 Å². The first kappa shape index (κ1) is 20.9. The van der Waals surface area contributed by atoms with Crippen LogP contribution < -0.4 is 15.2 Å². The van der Waals surface area contributed by atoms with Gasteiger partial charge in [0.05, 0.1) is 11.1 Å². The summed E-state index contributed by atoms with van der Waals surface area (Å²) in [6.07, 6.45) is 6.11. The number of nitro groups is 1. The number of nitrogens with zero attached hydrogens (tertiary/aromatic N) is 7. The maximum atomic E-state index is 10.8. The average molecular weight is 448 g/mol. The lowest BCUT2D eigenvalue weighted by molar-refractivity contribution is -0.384. The monoisotopic (exact) mass is 448 g/mol. The molecule has 3 aromatic rings. The number of hydrogen-bond donors (Lipinski definition) is 1. The number of hydrogen-bond acceptors (Lipinski definition) is 10. The Morgan fingerprint density at radius 2 is 1.52 bits per heavy atom. The normalized spacial score (nSPS) is 16.1. The van der Waals surface area contributed by atoms with Gasteiger partial charge < -0.3 is 14.2 Å². The fraction of sp³-hybridized carbons (Fsp3) is 0.364. The third-order valence-electron chi connectivity index (χ3n) is 5.74. The summed E-state index contributed by atoms with van der Waals surface area (Å²) in [6.45, 7) is 3.79. The Hall–Kier alpha value is -4.02. The Kier molecular flexibility index (Phi) is 5.83. The minimum atomic E-state index is -0.429. The third kappa shape index (κ3) is 4.76. The van der Waals surface area contributed by atoms with Gasteiger partial charge in [-0.1, -0.05) is 0 Å². The molecule has 11 heteroatoms. The van der Waals surface area contributed by atoms with Gasteiger partial charge in [-0.05, 0) is 49.9 Å². The molecule has 0 radical (unpaired) electrons. The largest absolute Gasteiger partial charge is 0.455 e. The third-order valence-corrected chi connectivity index (χ3v) is 5.74. The van der Waals surface area contributed by atoms with Crippen molar-refractivity contribution in [3.8, 4) is 11.3 Å². The molecule has 2 aromatic heterocycles. The van der Waals surface area contributed by atoms with Crippen molar-refractivity contribution in [2.45, 2.75) is 25.7 Å². The standard InChI is InChI=1S/C22H24N8O3/c31-30(32)17-7-5-16(6-8-17)19-10-9-18(33-19)15-23-27-20-24-21(28-11-1-2-12-28)26-22(25-20)29-13-3-4-14-29/h5-10,15H,1-4,11-14H2,(H,24,25,26,27)/b23-15+. The van der Waals surface area contributed by atoms with Gasteiger partial charge in [0.25, 0.3) is 5.69 Å². The summed E-state index contributed by atoms with van der Waals surface area (Å²) in [5, 5.41) is 15.1. The summed E-state index contributed by atoms with van der Waals surface area (Å²) < 4.78 is 5.79. The lowest BCUT2D eigenvalue weighted by Gasteiger charge is -2.20. The number of hydrazone groups is 1. The first-order valence-corrected chi connectivity index (χ1v) is 11.1. The maximum absolute atomic E-state index is 10.8. The molecule has 5 rings (SSSR count). The SMILES string of the molecule is O=[N+]([O-])c1ccc(-c2ccc(/C=N/Nc3nc(N4CCCC4)nc(N4CCCC4)n3)o2)cc1. The van der Waals surface area contributed by atoms with Crippen molar-refractivity contribution in [1.82, 2.24) is 15.0 Å². The zero-order chi connectivity index (χ0) is 22.6. The second-order valence-corrected chi connectivity index (χ2v) is 8.02. The van der Waals surface area contributed by atoms with Crippen LogP contribution in [-0.2, 0) is 0 Å². The Morgan fingerprint density at radius 3 is 2.09 bits per heavy atom. The molecule has 170 valence electrons. The highest BCUT2D eigenvalue weighted by molar-refractivity contribution is 5.78. The molecule has 0 bridgehead atoms. The molecule has 0 unspecified atom stereocenters. The van der Waals surface area contributed by atoms with Crippen LogP contribution in [0, 0.1) is 10.1 Å². The van der Waals surface area contributed by atoms with E-state index in [4.69, 9.17) is 9.40 Å². The van der Waals surface area contributed by atoms with E-state index in [1.807, 2.05) is 0 Å². The highest BCUT2D eigenvalue weighted by atomic mass is 16.6. The molecule has 2 aliphatic heterocycles. The number of rotatable bonds is 7. The molecular weight excluding hydrogens is 424 g/mol. The van der Waals surface area contributed by atoms with Crippen LogP contribution in [0.3, 0.4) is 0 Å². The molecular formula is C22H24N8O3. The van der Waals surface area contributed by atoms with Gasteiger partial charge >= 0.3 is 0 Å². The molecule has 0 amide bonds. The summed E-state index contributed by atoms with van der Waals surface area (Å²) >= 11 is 0. The van der Waals surface area contributed by atoms with Crippen LogP contribution in [0.25, 0.3) is 11.3 Å². The molecule has 33 heavy (non-hydrogen) atoms. The lowest BCUT2D eigenvalue weighted by Crippen LogP contribution is -2.25. The van der Waals surface area contributed by atoms with E-state index in [1.54, 1.807) is 30.5 Å². The summed E-state index contributed by atoms with van der Waals surface area (Å²) in [7, 11) is 0. The van der Waals surface area contributed by atoms with E-state index in [9.17, 15) is 10.1 Å². The minimum absolute atomic E-state index is 0.0373. The molecule has 1 aromatic carbocycles. The van der Waals surface area contributed by atoms with Crippen LogP contribution in [0.5, 0.6) is 0 Å². The quantitative estimate of drug-likeness (QED) is 0.327. The smallest absolute Gasteiger partial charge is 0.269 e. The van der Waals surface area contributed by atoms with Crippen molar-refractivity contribution in [2.24, 2.45) is 5.10 Å². The van der Waals surface area contributed by atoms with E-state index in [2.05, 4.69) is 30.3 Å². The van der Waals surface area contributed by atoms with Gasteiger partial charge in [0, 0.05) is 43.9 Å². The van der Waals surface area contributed by atoms with Crippen LogP contribution in [0.4, 0.5) is 23.5 Å². The topological polar surface area (TPSA) is 126 Å². The number of nitrogens with one attached hydrogen (secondary N) is 1. The van der Waals surface area contributed by atoms with Gasteiger partial charge in [-0.15, -0.1) is 0 Å². The van der Waals surface area contributed by atoms with Crippen molar-refractivity contribution in [1.29, 1.82) is 0 Å². The second kappa shape index (κ2) is 9.23. The van der Waals surface area contributed by atoms with Crippen LogP contribution in [-0.4, -0.2) is 52.3 Å². The summed E-state index contributed by atoms with van der Waals surface area (Å²) in [5.41, 5.74) is 3.69. The number of aromatic nitrogens is 3. The summed E-state index contributed by atoms with van der Waals surface area (Å²) in [5.74, 6) is 2.89. The van der Waals surface area contributed by atoms with Gasteiger partial charge in [-0.25, -0.2) is 5.43 Å². The predicted molar refractivity (Wildman–Crippen MR) is 125 cm³/mol. The first-order chi connectivity index (χ1) is 16.2. The molecule has 2 saturated heterocycles. The van der Waals surface area contributed by atoms with Crippen molar-refractivity contribution in [3.63, 3.8) is 0 Å². The first-order valence-electron chi connectivity index (χ1n) is 11.1. The molecule has 0 saturated carbocycles. The van der Waals surface area contributed by atoms with E-state index in [0.717, 1.165) is 57.4 Å². The molecule has 1 N–H and O–H groups in total. The lowest BCUT2D eigenvalue weighted by atomic mass is 10.1. The van der Waals surface area contributed by atoms with Crippen molar-refractivity contribution in [2.75, 3.05) is 41.4 Å². The number of nitro benzene ring substituents is 1. The number of benzene rings is 1. The van der Waals surface area contributed by atoms with Crippen LogP contribution >= 0.6 is 0 Å². The molecule has 0 spiro atoms. The van der Waals surface area contributed by atoms with Gasteiger partial charge in [0.1, 0.15) is 11.5 Å². The van der Waals surface area contributed by atoms with Gasteiger partial charge in [-0.3, -0.25) is 10.1 Å². The van der Waals surface area contributed by atoms with Crippen LogP contribution in [0.15, 0.2) is 45.9 Å². The van der Waals surface area contributed by atoms with Crippen molar-refractivity contribution >= 4 is 29.7 Å². The fourth-order valence-corrected chi connectivity index (χ4v) is 4.00. The van der Waals surface area contributed by atoms with E-state index < -0.39 is 4.92 Å².